The summed E-state index contributed by atoms with van der Waals surface area (Å²) in [6.45, 7) is 8.27. The molecule has 0 aliphatic carbocycles. The predicted octanol–water partition coefficient (Wildman–Crippen LogP) is 2.88. The average molecular weight is 478 g/mol. The van der Waals surface area contributed by atoms with E-state index in [9.17, 15) is 0 Å². The molecule has 0 spiro atoms. The number of rotatable bonds is 5. The largest absolute Gasteiger partial charge is 0.370 e. The number of hydrogen-bond donors (Lipinski definition) is 1. The predicted molar refractivity (Wildman–Crippen MR) is 117 cm³/mol. The Kier molecular flexibility index (Phi) is 8.58. The molecule has 1 aromatic rings. The summed E-state index contributed by atoms with van der Waals surface area (Å²) in [6.07, 6.45) is 3.80. The molecule has 0 unspecified atom stereocenters. The second-order valence-corrected chi connectivity index (χ2v) is 7.03. The Hall–Kier alpha value is -0.730. The molecule has 2 fully saturated rings. The van der Waals surface area contributed by atoms with Crippen LogP contribution in [0.4, 0.5) is 5.69 Å². The van der Waals surface area contributed by atoms with Crippen molar-refractivity contribution in [2.45, 2.75) is 19.3 Å². The third-order valence-corrected chi connectivity index (χ3v) is 5.15. The van der Waals surface area contributed by atoms with Crippen molar-refractivity contribution in [3.05, 3.63) is 29.3 Å². The maximum atomic E-state index is 6.17. The molecule has 2 N–H and O–H groups in total. The van der Waals surface area contributed by atoms with E-state index in [0.717, 1.165) is 50.7 Å². The standard InChI is InChI=1S/C18H28ClN5.HI/c19-16-4-6-17(7-5-16)23-12-14-24(15-13-23)18(20)21-8-3-11-22-9-1-2-10-22;/h4-7H,1-3,8-15H2,(H2,20,21);1H. The van der Waals surface area contributed by atoms with E-state index in [0.29, 0.717) is 5.96 Å². The lowest BCUT2D eigenvalue weighted by molar-refractivity contribution is 0.335. The van der Waals surface area contributed by atoms with E-state index in [4.69, 9.17) is 17.3 Å². The molecule has 0 radical (unpaired) electrons. The van der Waals surface area contributed by atoms with E-state index in [-0.39, 0.29) is 24.0 Å². The first-order valence-corrected chi connectivity index (χ1v) is 9.38. The van der Waals surface area contributed by atoms with Gasteiger partial charge in [0.05, 0.1) is 0 Å². The molecule has 3 rings (SSSR count). The molecule has 2 aliphatic rings. The Morgan fingerprint density at radius 3 is 2.28 bits per heavy atom. The normalized spacial score (nSPS) is 19.2. The topological polar surface area (TPSA) is 48.1 Å². The summed E-state index contributed by atoms with van der Waals surface area (Å²) in [6, 6.07) is 8.04. The van der Waals surface area contributed by atoms with E-state index in [1.807, 2.05) is 12.1 Å². The highest BCUT2D eigenvalue weighted by molar-refractivity contribution is 14.0. The summed E-state index contributed by atoms with van der Waals surface area (Å²) in [7, 11) is 0. The molecular formula is C18H29ClIN5. The van der Waals surface area contributed by atoms with Gasteiger partial charge in [-0.15, -0.1) is 24.0 Å². The molecular weight excluding hydrogens is 449 g/mol. The van der Waals surface area contributed by atoms with Crippen LogP contribution in [0.15, 0.2) is 29.3 Å². The van der Waals surface area contributed by atoms with Gasteiger partial charge in [-0.2, -0.15) is 0 Å². The quantitative estimate of drug-likeness (QED) is 0.307. The van der Waals surface area contributed by atoms with E-state index in [1.54, 1.807) is 0 Å². The lowest BCUT2D eigenvalue weighted by Crippen LogP contribution is -2.51. The Balaban J connectivity index is 0.00000225. The van der Waals surface area contributed by atoms with Crippen molar-refractivity contribution < 1.29 is 0 Å². The second-order valence-electron chi connectivity index (χ2n) is 6.59. The molecule has 2 saturated heterocycles. The molecule has 7 heteroatoms. The Labute approximate surface area is 173 Å². The molecule has 0 aromatic heterocycles. The van der Waals surface area contributed by atoms with E-state index in [2.05, 4.69) is 31.8 Å². The van der Waals surface area contributed by atoms with Gasteiger partial charge in [0.2, 0.25) is 0 Å². The van der Waals surface area contributed by atoms with E-state index < -0.39 is 0 Å². The van der Waals surface area contributed by atoms with Crippen molar-refractivity contribution in [1.82, 2.24) is 9.80 Å². The Morgan fingerprint density at radius 1 is 1.00 bits per heavy atom. The molecule has 2 aliphatic heterocycles. The highest BCUT2D eigenvalue weighted by Crippen LogP contribution is 2.19. The number of anilines is 1. The van der Waals surface area contributed by atoms with Gasteiger partial charge >= 0.3 is 0 Å². The number of benzene rings is 1. The van der Waals surface area contributed by atoms with Gasteiger partial charge in [0.15, 0.2) is 5.96 Å². The summed E-state index contributed by atoms with van der Waals surface area (Å²) in [5.74, 6) is 0.701. The van der Waals surface area contributed by atoms with Crippen LogP contribution in [0.5, 0.6) is 0 Å². The zero-order valence-electron chi connectivity index (χ0n) is 14.7. The van der Waals surface area contributed by atoms with Crippen LogP contribution in [0.25, 0.3) is 0 Å². The van der Waals surface area contributed by atoms with Gasteiger partial charge < -0.3 is 20.4 Å². The van der Waals surface area contributed by atoms with Crippen molar-refractivity contribution in [2.75, 3.05) is 57.3 Å². The van der Waals surface area contributed by atoms with Crippen LogP contribution in [0, 0.1) is 0 Å². The van der Waals surface area contributed by atoms with Gasteiger partial charge in [-0.1, -0.05) is 11.6 Å². The number of halogens is 2. The maximum Gasteiger partial charge on any atom is 0.191 e. The first-order chi connectivity index (χ1) is 11.7. The fraction of sp³-hybridized carbons (Fsp3) is 0.611. The van der Waals surface area contributed by atoms with Crippen LogP contribution in [0.1, 0.15) is 19.3 Å². The van der Waals surface area contributed by atoms with Crippen LogP contribution < -0.4 is 10.6 Å². The van der Waals surface area contributed by atoms with E-state index >= 15 is 0 Å². The number of hydrogen-bond acceptors (Lipinski definition) is 3. The fourth-order valence-electron chi connectivity index (χ4n) is 3.44. The van der Waals surface area contributed by atoms with Crippen LogP contribution >= 0.6 is 35.6 Å². The summed E-state index contributed by atoms with van der Waals surface area (Å²) >= 11 is 5.96. The summed E-state index contributed by atoms with van der Waals surface area (Å²) in [5, 5.41) is 0.780. The Morgan fingerprint density at radius 2 is 1.64 bits per heavy atom. The summed E-state index contributed by atoms with van der Waals surface area (Å²) in [5.41, 5.74) is 7.40. The molecule has 5 nitrogen and oxygen atoms in total. The first kappa shape index (κ1) is 20.6. The van der Waals surface area contributed by atoms with Gasteiger partial charge in [-0.25, -0.2) is 0 Å². The zero-order valence-corrected chi connectivity index (χ0v) is 17.8. The zero-order chi connectivity index (χ0) is 16.8. The molecule has 25 heavy (non-hydrogen) atoms. The molecule has 1 aromatic carbocycles. The molecule has 0 amide bonds. The monoisotopic (exact) mass is 477 g/mol. The van der Waals surface area contributed by atoms with Crippen molar-refractivity contribution in [2.24, 2.45) is 10.7 Å². The number of likely N-dealkylation sites (tertiary alicyclic amines) is 1. The SMILES string of the molecule is I.NC(=NCCCN1CCCC1)N1CCN(c2ccc(Cl)cc2)CC1. The summed E-state index contributed by atoms with van der Waals surface area (Å²) in [4.78, 5) is 11.7. The number of aliphatic imine (C=N–C) groups is 1. The number of guanidine groups is 1. The first-order valence-electron chi connectivity index (χ1n) is 9.00. The lowest BCUT2D eigenvalue weighted by atomic mass is 10.2. The molecule has 2 heterocycles. The van der Waals surface area contributed by atoms with Crippen LogP contribution in [-0.4, -0.2) is 68.1 Å². The molecule has 0 atom stereocenters. The third-order valence-electron chi connectivity index (χ3n) is 4.90. The van der Waals surface area contributed by atoms with Crippen molar-refractivity contribution in [3.8, 4) is 0 Å². The van der Waals surface area contributed by atoms with Gasteiger partial charge in [0, 0.05) is 43.4 Å². The maximum absolute atomic E-state index is 6.17. The van der Waals surface area contributed by atoms with E-state index in [1.165, 1.54) is 31.6 Å². The van der Waals surface area contributed by atoms with Crippen molar-refractivity contribution >= 4 is 47.2 Å². The average Bonchev–Trinajstić information content (AvgIpc) is 3.13. The lowest BCUT2D eigenvalue weighted by Gasteiger charge is -2.36. The minimum atomic E-state index is 0. The van der Waals surface area contributed by atoms with Crippen LogP contribution in [0.2, 0.25) is 5.02 Å². The van der Waals surface area contributed by atoms with Gasteiger partial charge in [0.1, 0.15) is 0 Å². The Bertz CT molecular complexity index is 537. The highest BCUT2D eigenvalue weighted by atomic mass is 127. The number of nitrogens with zero attached hydrogens (tertiary/aromatic N) is 4. The van der Waals surface area contributed by atoms with Crippen LogP contribution in [-0.2, 0) is 0 Å². The van der Waals surface area contributed by atoms with Gasteiger partial charge in [0.25, 0.3) is 0 Å². The minimum Gasteiger partial charge on any atom is -0.370 e. The number of nitrogens with two attached hydrogens (primary N) is 1. The molecule has 0 saturated carbocycles. The van der Waals surface area contributed by atoms with Gasteiger partial charge in [-0.05, 0) is 63.2 Å². The minimum absolute atomic E-state index is 0. The number of piperazine rings is 1. The van der Waals surface area contributed by atoms with Gasteiger partial charge in [-0.3, -0.25) is 4.99 Å². The molecule has 0 bridgehead atoms. The highest BCUT2D eigenvalue weighted by Gasteiger charge is 2.18. The molecule has 140 valence electrons. The van der Waals surface area contributed by atoms with Crippen molar-refractivity contribution in [3.63, 3.8) is 0 Å². The smallest absolute Gasteiger partial charge is 0.191 e. The second kappa shape index (κ2) is 10.4. The van der Waals surface area contributed by atoms with Crippen molar-refractivity contribution in [1.29, 1.82) is 0 Å². The van der Waals surface area contributed by atoms with Crippen LogP contribution in [0.3, 0.4) is 0 Å². The fourth-order valence-corrected chi connectivity index (χ4v) is 3.57. The summed E-state index contributed by atoms with van der Waals surface area (Å²) < 4.78 is 0. The third kappa shape index (κ3) is 6.18.